The number of nitrogens with two attached hydrogens (primary N) is 1. The van der Waals surface area contributed by atoms with Gasteiger partial charge in [-0.2, -0.15) is 0 Å². The number of anilines is 1. The first kappa shape index (κ1) is 14.4. The van der Waals surface area contributed by atoms with E-state index < -0.39 is 16.8 Å². The second kappa shape index (κ2) is 5.80. The normalized spacial score (nSPS) is 9.95. The SMILES string of the molecule is CN(CCC(=O)O)C(=O)c1cccc([N+](=O)[O-])c1N. The van der Waals surface area contributed by atoms with Crippen molar-refractivity contribution >= 4 is 23.3 Å². The van der Waals surface area contributed by atoms with E-state index in [2.05, 4.69) is 0 Å². The Labute approximate surface area is 108 Å². The molecular weight excluding hydrogens is 254 g/mol. The fourth-order valence-corrected chi connectivity index (χ4v) is 1.47. The van der Waals surface area contributed by atoms with Gasteiger partial charge in [-0.1, -0.05) is 6.07 Å². The number of amides is 1. The summed E-state index contributed by atoms with van der Waals surface area (Å²) in [5.74, 6) is -1.59. The van der Waals surface area contributed by atoms with E-state index in [9.17, 15) is 19.7 Å². The summed E-state index contributed by atoms with van der Waals surface area (Å²) < 4.78 is 0. The van der Waals surface area contributed by atoms with Crippen molar-refractivity contribution in [3.63, 3.8) is 0 Å². The number of nitrogen functional groups attached to an aromatic ring is 1. The van der Waals surface area contributed by atoms with Gasteiger partial charge in [0.15, 0.2) is 0 Å². The lowest BCUT2D eigenvalue weighted by atomic mass is 10.1. The quantitative estimate of drug-likeness (QED) is 0.459. The van der Waals surface area contributed by atoms with Gasteiger partial charge in [-0.05, 0) is 6.07 Å². The molecule has 8 heteroatoms. The molecule has 1 aromatic rings. The minimum atomic E-state index is -1.04. The molecule has 1 aromatic carbocycles. The molecule has 0 aliphatic rings. The van der Waals surface area contributed by atoms with Crippen LogP contribution in [0.5, 0.6) is 0 Å². The molecule has 0 unspecified atom stereocenters. The lowest BCUT2D eigenvalue weighted by Gasteiger charge is -2.16. The molecule has 0 bridgehead atoms. The number of para-hydroxylation sites is 1. The van der Waals surface area contributed by atoms with Crippen LogP contribution in [0.25, 0.3) is 0 Å². The highest BCUT2D eigenvalue weighted by Gasteiger charge is 2.21. The molecule has 0 saturated heterocycles. The molecule has 0 aromatic heterocycles. The number of nitrogens with zero attached hydrogens (tertiary/aromatic N) is 2. The number of carboxylic acids is 1. The maximum atomic E-state index is 12.0. The Morgan fingerprint density at radius 3 is 2.63 bits per heavy atom. The first-order valence-electron chi connectivity index (χ1n) is 5.34. The minimum absolute atomic E-state index is 0.00367. The van der Waals surface area contributed by atoms with Crippen LogP contribution in [-0.2, 0) is 4.79 Å². The van der Waals surface area contributed by atoms with Gasteiger partial charge in [0.25, 0.3) is 11.6 Å². The topological polar surface area (TPSA) is 127 Å². The van der Waals surface area contributed by atoms with Crippen molar-refractivity contribution in [2.75, 3.05) is 19.3 Å². The maximum absolute atomic E-state index is 12.0. The number of hydrogen-bond donors (Lipinski definition) is 2. The average Bonchev–Trinajstić information content (AvgIpc) is 2.34. The van der Waals surface area contributed by atoms with Gasteiger partial charge in [-0.3, -0.25) is 19.7 Å². The first-order chi connectivity index (χ1) is 8.84. The predicted octanol–water partition coefficient (Wildman–Crippen LogP) is 0.724. The van der Waals surface area contributed by atoms with Gasteiger partial charge in [0.05, 0.1) is 16.9 Å². The Hall–Kier alpha value is -2.64. The fraction of sp³-hybridized carbons (Fsp3) is 0.273. The second-order valence-corrected chi connectivity index (χ2v) is 3.87. The standard InChI is InChI=1S/C11H13N3O5/c1-13(6-5-9(15)16)11(17)7-3-2-4-8(10(7)12)14(18)19/h2-4H,5-6,12H2,1H3,(H,15,16). The number of carboxylic acid groups (broad SMARTS) is 1. The summed E-state index contributed by atoms with van der Waals surface area (Å²) in [4.78, 5) is 33.6. The summed E-state index contributed by atoms with van der Waals surface area (Å²) in [5, 5.41) is 19.2. The zero-order valence-corrected chi connectivity index (χ0v) is 10.2. The van der Waals surface area contributed by atoms with Gasteiger partial charge in [0.2, 0.25) is 0 Å². The van der Waals surface area contributed by atoms with Gasteiger partial charge in [0, 0.05) is 19.7 Å². The van der Waals surface area contributed by atoms with E-state index >= 15 is 0 Å². The van der Waals surface area contributed by atoms with Crippen LogP contribution in [0.2, 0.25) is 0 Å². The Bertz CT molecular complexity index is 529. The Balaban J connectivity index is 2.97. The molecule has 0 aliphatic heterocycles. The van der Waals surface area contributed by atoms with Crippen LogP contribution < -0.4 is 5.73 Å². The van der Waals surface area contributed by atoms with Crippen molar-refractivity contribution in [1.82, 2.24) is 4.90 Å². The van der Waals surface area contributed by atoms with E-state index in [0.717, 1.165) is 4.90 Å². The smallest absolute Gasteiger partial charge is 0.305 e. The number of rotatable bonds is 5. The van der Waals surface area contributed by atoms with Crippen molar-refractivity contribution in [2.24, 2.45) is 0 Å². The average molecular weight is 267 g/mol. The van der Waals surface area contributed by atoms with Gasteiger partial charge in [0.1, 0.15) is 5.69 Å². The van der Waals surface area contributed by atoms with Crippen molar-refractivity contribution in [3.8, 4) is 0 Å². The number of hydrogen-bond acceptors (Lipinski definition) is 5. The largest absolute Gasteiger partial charge is 0.481 e. The molecule has 3 N–H and O–H groups in total. The zero-order valence-electron chi connectivity index (χ0n) is 10.2. The van der Waals surface area contributed by atoms with Crippen molar-refractivity contribution in [3.05, 3.63) is 33.9 Å². The van der Waals surface area contributed by atoms with Crippen LogP contribution in [0.1, 0.15) is 16.8 Å². The number of carbonyl (C=O) groups is 2. The highest BCUT2D eigenvalue weighted by Crippen LogP contribution is 2.25. The van der Waals surface area contributed by atoms with E-state index in [-0.39, 0.29) is 29.9 Å². The summed E-state index contributed by atoms with van der Waals surface area (Å²) in [6, 6.07) is 3.91. The maximum Gasteiger partial charge on any atom is 0.305 e. The van der Waals surface area contributed by atoms with E-state index in [1.54, 1.807) is 0 Å². The highest BCUT2D eigenvalue weighted by molar-refractivity contribution is 6.00. The first-order valence-corrected chi connectivity index (χ1v) is 5.34. The molecule has 0 aliphatic carbocycles. The molecule has 8 nitrogen and oxygen atoms in total. The third-order valence-corrected chi connectivity index (χ3v) is 2.52. The molecule has 0 fully saturated rings. The van der Waals surface area contributed by atoms with Gasteiger partial charge in [-0.25, -0.2) is 0 Å². The van der Waals surface area contributed by atoms with E-state index in [4.69, 9.17) is 10.8 Å². The molecule has 0 atom stereocenters. The van der Waals surface area contributed by atoms with Gasteiger partial charge >= 0.3 is 5.97 Å². The van der Waals surface area contributed by atoms with Crippen LogP contribution in [-0.4, -0.2) is 40.4 Å². The van der Waals surface area contributed by atoms with Crippen LogP contribution >= 0.6 is 0 Å². The van der Waals surface area contributed by atoms with Crippen LogP contribution in [0.15, 0.2) is 18.2 Å². The van der Waals surface area contributed by atoms with E-state index in [1.165, 1.54) is 25.2 Å². The van der Waals surface area contributed by atoms with Crippen molar-refractivity contribution < 1.29 is 19.6 Å². The molecule has 0 spiro atoms. The molecule has 19 heavy (non-hydrogen) atoms. The molecule has 1 amide bonds. The van der Waals surface area contributed by atoms with Crippen molar-refractivity contribution in [1.29, 1.82) is 0 Å². The Morgan fingerprint density at radius 1 is 1.47 bits per heavy atom. The number of carbonyl (C=O) groups excluding carboxylic acids is 1. The Morgan fingerprint density at radius 2 is 2.11 bits per heavy atom. The zero-order chi connectivity index (χ0) is 14.6. The predicted molar refractivity (Wildman–Crippen MR) is 66.7 cm³/mol. The Kier molecular flexibility index (Phi) is 4.41. The lowest BCUT2D eigenvalue weighted by Crippen LogP contribution is -2.29. The third kappa shape index (κ3) is 3.41. The summed E-state index contributed by atoms with van der Waals surface area (Å²) in [6.45, 7) is -0.00367. The minimum Gasteiger partial charge on any atom is -0.481 e. The van der Waals surface area contributed by atoms with Crippen LogP contribution in [0.4, 0.5) is 11.4 Å². The molecule has 0 saturated carbocycles. The third-order valence-electron chi connectivity index (χ3n) is 2.52. The fourth-order valence-electron chi connectivity index (χ4n) is 1.47. The van der Waals surface area contributed by atoms with Gasteiger partial charge < -0.3 is 15.7 Å². The van der Waals surface area contributed by atoms with E-state index in [0.29, 0.717) is 0 Å². The molecule has 1 rings (SSSR count). The summed E-state index contributed by atoms with van der Waals surface area (Å²) in [6.07, 6.45) is -0.211. The molecule has 102 valence electrons. The highest BCUT2D eigenvalue weighted by atomic mass is 16.6. The summed E-state index contributed by atoms with van der Waals surface area (Å²) in [5.41, 5.74) is 4.99. The van der Waals surface area contributed by atoms with Gasteiger partial charge in [-0.15, -0.1) is 0 Å². The lowest BCUT2D eigenvalue weighted by molar-refractivity contribution is -0.383. The van der Waals surface area contributed by atoms with Crippen LogP contribution in [0.3, 0.4) is 0 Å². The molecule has 0 heterocycles. The van der Waals surface area contributed by atoms with Crippen LogP contribution in [0, 0.1) is 10.1 Å². The number of nitro groups is 1. The van der Waals surface area contributed by atoms with Crippen molar-refractivity contribution in [2.45, 2.75) is 6.42 Å². The molecular formula is C11H13N3O5. The second-order valence-electron chi connectivity index (χ2n) is 3.87. The molecule has 0 radical (unpaired) electrons. The number of aliphatic carboxylic acids is 1. The summed E-state index contributed by atoms with van der Waals surface area (Å²) in [7, 11) is 1.41. The number of nitro benzene ring substituents is 1. The number of benzene rings is 1. The summed E-state index contributed by atoms with van der Waals surface area (Å²) >= 11 is 0. The monoisotopic (exact) mass is 267 g/mol. The van der Waals surface area contributed by atoms with E-state index in [1.807, 2.05) is 0 Å².